The molecule has 0 amide bonds. The number of aliphatic hydroxyl groups excluding tert-OH is 1. The van der Waals surface area contributed by atoms with E-state index < -0.39 is 0 Å². The van der Waals surface area contributed by atoms with E-state index in [0.717, 1.165) is 25.7 Å². The normalized spacial score (nSPS) is 18.5. The summed E-state index contributed by atoms with van der Waals surface area (Å²) >= 11 is 9.53. The van der Waals surface area contributed by atoms with Gasteiger partial charge < -0.3 is 5.11 Å². The van der Waals surface area contributed by atoms with Gasteiger partial charge >= 0.3 is 0 Å². The quantitative estimate of drug-likeness (QED) is 0.467. The Kier molecular flexibility index (Phi) is 8.59. The third kappa shape index (κ3) is 8.18. The lowest BCUT2D eigenvalue weighted by atomic mass is 10.2. The maximum atomic E-state index is 9.05. The summed E-state index contributed by atoms with van der Waals surface area (Å²) in [5, 5.41) is 9.24. The van der Waals surface area contributed by atoms with Crippen molar-refractivity contribution in [3.05, 3.63) is 12.2 Å². The van der Waals surface area contributed by atoms with E-state index in [2.05, 4.69) is 12.2 Å². The van der Waals surface area contributed by atoms with Gasteiger partial charge in [0.15, 0.2) is 0 Å². The molecule has 0 spiro atoms. The molecule has 1 aliphatic rings. The monoisotopic (exact) mass is 196 g/mol. The molecule has 3 heteroatoms. The highest BCUT2D eigenvalue weighted by molar-refractivity contribution is 6.40. The Hall–Kier alpha value is 0.280. The fraction of sp³-hybridized carbons (Fsp3) is 0.750. The standard InChI is InChI=1S/C7H12O.CH2Cl2/c8-7-5-3-1-2-4-6-7;2-1-3/h1-2,7-8H,3-6H2;1H2. The fourth-order valence-electron chi connectivity index (χ4n) is 0.957. The molecule has 0 heterocycles. The highest BCUT2D eigenvalue weighted by atomic mass is 35.5. The molecule has 0 saturated carbocycles. The summed E-state index contributed by atoms with van der Waals surface area (Å²) in [6.45, 7) is 0. The maximum Gasteiger partial charge on any atom is 0.0967 e. The third-order valence-electron chi connectivity index (χ3n) is 1.50. The highest BCUT2D eigenvalue weighted by Gasteiger charge is 2.02. The summed E-state index contributed by atoms with van der Waals surface area (Å²) < 4.78 is 0. The van der Waals surface area contributed by atoms with Crippen molar-refractivity contribution in [1.29, 1.82) is 0 Å². The summed E-state index contributed by atoms with van der Waals surface area (Å²) in [6.07, 6.45) is 8.28. The second-order valence-corrected chi connectivity index (χ2v) is 3.19. The lowest BCUT2D eigenvalue weighted by Gasteiger charge is -2.02. The lowest BCUT2D eigenvalue weighted by Crippen LogP contribution is -2.02. The van der Waals surface area contributed by atoms with Crippen molar-refractivity contribution in [1.82, 2.24) is 0 Å². The summed E-state index contributed by atoms with van der Waals surface area (Å²) in [6, 6.07) is 0. The van der Waals surface area contributed by atoms with Gasteiger partial charge in [0.05, 0.1) is 11.4 Å². The molecule has 0 aromatic carbocycles. The third-order valence-corrected chi connectivity index (χ3v) is 1.50. The van der Waals surface area contributed by atoms with Gasteiger partial charge in [-0.1, -0.05) is 12.2 Å². The second-order valence-electron chi connectivity index (χ2n) is 2.38. The molecule has 0 aromatic rings. The Bertz CT molecular complexity index is 94.3. The van der Waals surface area contributed by atoms with Gasteiger partial charge in [-0.25, -0.2) is 0 Å². The van der Waals surface area contributed by atoms with Crippen molar-refractivity contribution in [3.8, 4) is 0 Å². The second kappa shape index (κ2) is 8.38. The van der Waals surface area contributed by atoms with Crippen LogP contribution >= 0.6 is 23.2 Å². The number of hydrogen-bond acceptors (Lipinski definition) is 1. The molecule has 66 valence electrons. The highest BCUT2D eigenvalue weighted by Crippen LogP contribution is 2.10. The van der Waals surface area contributed by atoms with E-state index in [-0.39, 0.29) is 11.4 Å². The number of hydrogen-bond donors (Lipinski definition) is 1. The van der Waals surface area contributed by atoms with E-state index in [9.17, 15) is 0 Å². The first kappa shape index (κ1) is 11.3. The van der Waals surface area contributed by atoms with Crippen LogP contribution in [-0.4, -0.2) is 16.5 Å². The van der Waals surface area contributed by atoms with Gasteiger partial charge in [-0.05, 0) is 25.7 Å². The molecule has 1 nitrogen and oxygen atoms in total. The van der Waals surface area contributed by atoms with E-state index in [1.54, 1.807) is 0 Å². The van der Waals surface area contributed by atoms with Crippen LogP contribution in [0.4, 0.5) is 0 Å². The molecule has 0 atom stereocenters. The zero-order valence-electron chi connectivity index (χ0n) is 6.47. The molecule has 11 heavy (non-hydrogen) atoms. The van der Waals surface area contributed by atoms with Gasteiger partial charge in [-0.2, -0.15) is 0 Å². The van der Waals surface area contributed by atoms with Gasteiger partial charge in [-0.15, -0.1) is 23.2 Å². The summed E-state index contributed by atoms with van der Waals surface area (Å²) in [5.74, 6) is 0. The van der Waals surface area contributed by atoms with E-state index >= 15 is 0 Å². The van der Waals surface area contributed by atoms with Crippen molar-refractivity contribution in [2.24, 2.45) is 0 Å². The summed E-state index contributed by atoms with van der Waals surface area (Å²) in [5.41, 5.74) is 0. The first-order valence-electron chi connectivity index (χ1n) is 3.76. The van der Waals surface area contributed by atoms with Crippen LogP contribution in [0.3, 0.4) is 0 Å². The Morgan fingerprint density at radius 3 is 1.91 bits per heavy atom. The van der Waals surface area contributed by atoms with Crippen molar-refractivity contribution in [2.75, 3.05) is 5.34 Å². The smallest absolute Gasteiger partial charge is 0.0967 e. The fourth-order valence-corrected chi connectivity index (χ4v) is 0.957. The minimum atomic E-state index is -0.0370. The van der Waals surface area contributed by atoms with Crippen molar-refractivity contribution >= 4 is 23.2 Å². The van der Waals surface area contributed by atoms with Crippen LogP contribution < -0.4 is 0 Å². The number of halogens is 2. The minimum absolute atomic E-state index is 0.0370. The molecule has 0 bridgehead atoms. The Morgan fingerprint density at radius 2 is 1.55 bits per heavy atom. The molecule has 0 radical (unpaired) electrons. The Morgan fingerprint density at radius 1 is 1.18 bits per heavy atom. The van der Waals surface area contributed by atoms with E-state index in [1.807, 2.05) is 0 Å². The molecule has 0 aliphatic heterocycles. The van der Waals surface area contributed by atoms with Crippen LogP contribution in [0.1, 0.15) is 25.7 Å². The van der Waals surface area contributed by atoms with E-state index in [1.165, 1.54) is 0 Å². The van der Waals surface area contributed by atoms with Gasteiger partial charge in [0, 0.05) is 0 Å². The SMILES string of the molecule is ClCCl.OC1CCC=CCC1. The molecule has 0 aromatic heterocycles. The zero-order chi connectivity index (χ0) is 8.53. The molecule has 1 aliphatic carbocycles. The van der Waals surface area contributed by atoms with Crippen LogP contribution in [0.5, 0.6) is 0 Å². The van der Waals surface area contributed by atoms with Crippen LogP contribution in [-0.2, 0) is 0 Å². The molecular formula is C8H14Cl2O. The average Bonchev–Trinajstić information content (AvgIpc) is 2.18. The summed E-state index contributed by atoms with van der Waals surface area (Å²) in [4.78, 5) is 0. The predicted molar refractivity (Wildman–Crippen MR) is 50.2 cm³/mol. The van der Waals surface area contributed by atoms with Gasteiger partial charge in [0.2, 0.25) is 0 Å². The summed E-state index contributed by atoms with van der Waals surface area (Å²) in [7, 11) is 0. The van der Waals surface area contributed by atoms with Crippen LogP contribution in [0.2, 0.25) is 0 Å². The topological polar surface area (TPSA) is 20.2 Å². The van der Waals surface area contributed by atoms with E-state index in [0.29, 0.717) is 0 Å². The molecule has 0 fully saturated rings. The molecule has 0 saturated heterocycles. The van der Waals surface area contributed by atoms with Crippen molar-refractivity contribution in [3.63, 3.8) is 0 Å². The largest absolute Gasteiger partial charge is 0.393 e. The Labute approximate surface area is 78.0 Å². The molecule has 1 N–H and O–H groups in total. The number of rotatable bonds is 0. The molecular weight excluding hydrogens is 183 g/mol. The predicted octanol–water partition coefficient (Wildman–Crippen LogP) is 2.90. The Balaban J connectivity index is 0.000000292. The first-order valence-corrected chi connectivity index (χ1v) is 4.83. The minimum Gasteiger partial charge on any atom is -0.393 e. The average molecular weight is 197 g/mol. The van der Waals surface area contributed by atoms with Crippen LogP contribution in [0.15, 0.2) is 12.2 Å². The molecule has 1 rings (SSSR count). The van der Waals surface area contributed by atoms with Gasteiger partial charge in [0.25, 0.3) is 0 Å². The number of alkyl halides is 2. The van der Waals surface area contributed by atoms with Crippen molar-refractivity contribution < 1.29 is 5.11 Å². The maximum absolute atomic E-state index is 9.05. The van der Waals surface area contributed by atoms with Crippen molar-refractivity contribution in [2.45, 2.75) is 31.8 Å². The lowest BCUT2D eigenvalue weighted by molar-refractivity contribution is 0.159. The van der Waals surface area contributed by atoms with Gasteiger partial charge in [0.1, 0.15) is 0 Å². The number of aliphatic hydroxyl groups is 1. The zero-order valence-corrected chi connectivity index (χ0v) is 7.98. The van der Waals surface area contributed by atoms with E-state index in [4.69, 9.17) is 28.3 Å². The number of allylic oxidation sites excluding steroid dienone is 2. The van der Waals surface area contributed by atoms with Gasteiger partial charge in [-0.3, -0.25) is 0 Å². The van der Waals surface area contributed by atoms with Crippen LogP contribution in [0.25, 0.3) is 0 Å². The first-order chi connectivity index (χ1) is 5.31. The molecule has 0 unspecified atom stereocenters. The van der Waals surface area contributed by atoms with Crippen LogP contribution in [0, 0.1) is 0 Å².